The highest BCUT2D eigenvalue weighted by Gasteiger charge is 2.13. The zero-order valence-corrected chi connectivity index (χ0v) is 15.8. The number of benzene rings is 3. The first kappa shape index (κ1) is 17.3. The van der Waals surface area contributed by atoms with Crippen molar-refractivity contribution >= 4 is 21.9 Å². The normalized spacial score (nSPS) is 11.0. The molecule has 0 fully saturated rings. The predicted octanol–water partition coefficient (Wildman–Crippen LogP) is 7.71. The quantitative estimate of drug-likeness (QED) is 0.367. The van der Waals surface area contributed by atoms with Gasteiger partial charge in [-0.1, -0.05) is 87.9 Å². The molecule has 25 heavy (non-hydrogen) atoms. The molecule has 1 heteroatoms. The highest BCUT2D eigenvalue weighted by molar-refractivity contribution is 6.09. The summed E-state index contributed by atoms with van der Waals surface area (Å²) in [6, 6.07) is 21.5. The van der Waals surface area contributed by atoms with Gasteiger partial charge >= 0.3 is 0 Å². The van der Waals surface area contributed by atoms with Gasteiger partial charge in [-0.2, -0.15) is 0 Å². The fourth-order valence-electron chi connectivity index (χ4n) is 3.28. The van der Waals surface area contributed by atoms with E-state index in [0.717, 1.165) is 11.2 Å². The molecular formula is C24H26O. The van der Waals surface area contributed by atoms with Gasteiger partial charge in [0.1, 0.15) is 11.2 Å². The first-order valence-electron chi connectivity index (χ1n) is 9.16. The zero-order chi connectivity index (χ0) is 18.0. The van der Waals surface area contributed by atoms with Crippen LogP contribution < -0.4 is 0 Å². The van der Waals surface area contributed by atoms with Crippen molar-refractivity contribution in [1.29, 1.82) is 0 Å². The Morgan fingerprint density at radius 3 is 2.28 bits per heavy atom. The van der Waals surface area contributed by atoms with Crippen molar-refractivity contribution in [2.75, 3.05) is 0 Å². The van der Waals surface area contributed by atoms with Crippen LogP contribution in [-0.2, 0) is 0 Å². The van der Waals surface area contributed by atoms with Crippen molar-refractivity contribution in [3.8, 4) is 11.1 Å². The molecule has 0 bridgehead atoms. The Kier molecular flexibility index (Phi) is 4.94. The maximum atomic E-state index is 6.18. The largest absolute Gasteiger partial charge is 0.455 e. The van der Waals surface area contributed by atoms with Gasteiger partial charge in [0.15, 0.2) is 0 Å². The van der Waals surface area contributed by atoms with Gasteiger partial charge in [-0.15, -0.1) is 0 Å². The number of fused-ring (bicyclic) bond motifs is 3. The summed E-state index contributed by atoms with van der Waals surface area (Å²) >= 11 is 0. The summed E-state index contributed by atoms with van der Waals surface area (Å²) in [6.07, 6.45) is 0. The second kappa shape index (κ2) is 7.14. The third kappa shape index (κ3) is 3.19. The van der Waals surface area contributed by atoms with Crippen LogP contribution in [0.5, 0.6) is 0 Å². The van der Waals surface area contributed by atoms with Gasteiger partial charge in [-0.3, -0.25) is 0 Å². The molecule has 1 aromatic heterocycles. The maximum Gasteiger partial charge on any atom is 0.143 e. The van der Waals surface area contributed by atoms with E-state index in [1.165, 1.54) is 33.0 Å². The molecule has 4 aromatic rings. The first-order chi connectivity index (χ1) is 12.1. The Balaban J connectivity index is 0.000000880. The lowest BCUT2D eigenvalue weighted by atomic mass is 9.94. The average molecular weight is 330 g/mol. The van der Waals surface area contributed by atoms with Gasteiger partial charge in [0.05, 0.1) is 0 Å². The van der Waals surface area contributed by atoms with Crippen molar-refractivity contribution in [2.45, 2.75) is 40.5 Å². The van der Waals surface area contributed by atoms with E-state index in [-0.39, 0.29) is 0 Å². The number of hydrogen-bond acceptors (Lipinski definition) is 1. The Hall–Kier alpha value is -2.54. The molecule has 0 aliphatic heterocycles. The topological polar surface area (TPSA) is 13.1 Å². The molecule has 4 rings (SSSR count). The Morgan fingerprint density at radius 2 is 1.52 bits per heavy atom. The van der Waals surface area contributed by atoms with Crippen LogP contribution in [0.25, 0.3) is 33.1 Å². The number of furan rings is 1. The highest BCUT2D eigenvalue weighted by atomic mass is 16.3. The molecule has 0 amide bonds. The van der Waals surface area contributed by atoms with Gasteiger partial charge in [0.25, 0.3) is 0 Å². The lowest BCUT2D eigenvalue weighted by Crippen LogP contribution is -1.90. The SMILES string of the molecule is CC.Cc1cc(-c2cccc3c2oc2ccccc23)cc(C(C)C)c1. The van der Waals surface area contributed by atoms with Crippen molar-refractivity contribution in [1.82, 2.24) is 0 Å². The molecular weight excluding hydrogens is 304 g/mol. The number of aryl methyl sites for hydroxylation is 1. The van der Waals surface area contributed by atoms with Gasteiger partial charge in [-0.05, 0) is 30.0 Å². The monoisotopic (exact) mass is 330 g/mol. The van der Waals surface area contributed by atoms with Crippen molar-refractivity contribution in [2.24, 2.45) is 0 Å². The maximum absolute atomic E-state index is 6.18. The van der Waals surface area contributed by atoms with E-state index in [0.29, 0.717) is 5.92 Å². The summed E-state index contributed by atoms with van der Waals surface area (Å²) in [5.74, 6) is 0.517. The molecule has 0 aliphatic rings. The number of para-hydroxylation sites is 2. The summed E-state index contributed by atoms with van der Waals surface area (Å²) < 4.78 is 6.18. The minimum absolute atomic E-state index is 0.517. The number of hydrogen-bond donors (Lipinski definition) is 0. The summed E-state index contributed by atoms with van der Waals surface area (Å²) in [7, 11) is 0. The molecule has 0 N–H and O–H groups in total. The molecule has 1 heterocycles. The second-order valence-electron chi connectivity index (χ2n) is 6.57. The Labute approximate surface area is 150 Å². The molecule has 3 aromatic carbocycles. The Morgan fingerprint density at radius 1 is 0.800 bits per heavy atom. The van der Waals surface area contributed by atoms with Crippen LogP contribution in [0.2, 0.25) is 0 Å². The van der Waals surface area contributed by atoms with Crippen LogP contribution in [0.15, 0.2) is 65.1 Å². The van der Waals surface area contributed by atoms with E-state index in [1.807, 2.05) is 26.0 Å². The van der Waals surface area contributed by atoms with Crippen molar-refractivity contribution in [3.05, 3.63) is 71.8 Å². The Bertz CT molecular complexity index is 1010. The lowest BCUT2D eigenvalue weighted by Gasteiger charge is -2.11. The van der Waals surface area contributed by atoms with E-state index in [1.54, 1.807) is 0 Å². The molecule has 128 valence electrons. The molecule has 0 spiro atoms. The molecule has 0 unspecified atom stereocenters. The van der Waals surface area contributed by atoms with Gasteiger partial charge in [0.2, 0.25) is 0 Å². The van der Waals surface area contributed by atoms with Crippen LogP contribution in [0.4, 0.5) is 0 Å². The molecule has 0 saturated carbocycles. The van der Waals surface area contributed by atoms with Crippen LogP contribution in [0.3, 0.4) is 0 Å². The summed E-state index contributed by atoms with van der Waals surface area (Å²) in [4.78, 5) is 0. The molecule has 0 atom stereocenters. The summed E-state index contributed by atoms with van der Waals surface area (Å²) in [5.41, 5.74) is 7.00. The van der Waals surface area contributed by atoms with E-state index < -0.39 is 0 Å². The highest BCUT2D eigenvalue weighted by Crippen LogP contribution is 2.36. The fourth-order valence-corrected chi connectivity index (χ4v) is 3.28. The van der Waals surface area contributed by atoms with Crippen LogP contribution in [-0.4, -0.2) is 0 Å². The van der Waals surface area contributed by atoms with Crippen LogP contribution >= 0.6 is 0 Å². The molecule has 0 radical (unpaired) electrons. The van der Waals surface area contributed by atoms with E-state index >= 15 is 0 Å². The van der Waals surface area contributed by atoms with E-state index in [4.69, 9.17) is 4.42 Å². The molecule has 1 nitrogen and oxygen atoms in total. The van der Waals surface area contributed by atoms with Gasteiger partial charge in [-0.25, -0.2) is 0 Å². The third-order valence-electron chi connectivity index (χ3n) is 4.48. The van der Waals surface area contributed by atoms with Crippen LogP contribution in [0.1, 0.15) is 44.7 Å². The predicted molar refractivity (Wildman–Crippen MR) is 109 cm³/mol. The van der Waals surface area contributed by atoms with Crippen molar-refractivity contribution in [3.63, 3.8) is 0 Å². The first-order valence-corrected chi connectivity index (χ1v) is 9.16. The van der Waals surface area contributed by atoms with E-state index in [2.05, 4.69) is 69.3 Å². The van der Waals surface area contributed by atoms with E-state index in [9.17, 15) is 0 Å². The smallest absolute Gasteiger partial charge is 0.143 e. The molecule has 0 saturated heterocycles. The lowest BCUT2D eigenvalue weighted by molar-refractivity contribution is 0.670. The third-order valence-corrected chi connectivity index (χ3v) is 4.48. The zero-order valence-electron chi connectivity index (χ0n) is 15.8. The standard InChI is InChI=1S/C22H20O.C2H6/c1-14(2)16-11-15(3)12-17(13-16)18-8-6-9-20-19-7-4-5-10-21(19)23-22(18)20;1-2/h4-14H,1-3H3;1-2H3. The fraction of sp³-hybridized carbons (Fsp3) is 0.250. The molecule has 0 aliphatic carbocycles. The number of rotatable bonds is 2. The second-order valence-corrected chi connectivity index (χ2v) is 6.57. The van der Waals surface area contributed by atoms with Crippen LogP contribution in [0, 0.1) is 6.92 Å². The van der Waals surface area contributed by atoms with Crippen molar-refractivity contribution < 1.29 is 4.42 Å². The minimum atomic E-state index is 0.517. The average Bonchev–Trinajstić information content (AvgIpc) is 3.01. The van der Waals surface area contributed by atoms with Gasteiger partial charge in [0, 0.05) is 16.3 Å². The summed E-state index contributed by atoms with van der Waals surface area (Å²) in [6.45, 7) is 10.6. The minimum Gasteiger partial charge on any atom is -0.455 e. The van der Waals surface area contributed by atoms with Gasteiger partial charge < -0.3 is 4.42 Å². The summed E-state index contributed by atoms with van der Waals surface area (Å²) in [5, 5.41) is 2.37.